The molecule has 3 aromatic rings. The molecule has 0 spiro atoms. The first-order chi connectivity index (χ1) is 15.9. The molecular formula is C22H26F2N6O3. The Morgan fingerprint density at radius 2 is 2.18 bits per heavy atom. The number of nitrogens with one attached hydrogen (secondary N) is 2. The van der Waals surface area contributed by atoms with Crippen molar-refractivity contribution in [3.8, 4) is 5.75 Å². The molecule has 2 N–H and O–H groups in total. The topological polar surface area (TPSA) is 97.3 Å². The van der Waals surface area contributed by atoms with Crippen molar-refractivity contribution >= 4 is 11.6 Å². The van der Waals surface area contributed by atoms with Gasteiger partial charge in [-0.25, -0.2) is 8.78 Å². The molecule has 1 aliphatic rings. The van der Waals surface area contributed by atoms with Crippen LogP contribution in [-0.4, -0.2) is 63.6 Å². The van der Waals surface area contributed by atoms with Crippen molar-refractivity contribution in [2.24, 2.45) is 7.05 Å². The maximum Gasteiger partial charge on any atom is 0.238 e. The van der Waals surface area contributed by atoms with Gasteiger partial charge in [-0.15, -0.1) is 0 Å². The SMILES string of the molecule is Cc1nn(C)cc1NC(=O)CN1CCO[C@H](c2cc(CCOc3ccc(F)c(F)c3)[nH]n2)C1. The maximum atomic E-state index is 13.3. The summed E-state index contributed by atoms with van der Waals surface area (Å²) in [5.41, 5.74) is 3.04. The van der Waals surface area contributed by atoms with Crippen LogP contribution in [0.15, 0.2) is 30.5 Å². The standard InChI is InChI=1S/C22H26F2N6O3/c1-14-20(11-29(2)28-14)25-22(31)13-30-6-8-33-21(12-30)19-9-15(26-27-19)5-7-32-16-3-4-17(23)18(24)10-16/h3-4,9-11,21H,5-8,12-13H2,1-2H3,(H,25,31)(H,26,27)/t21-/m0/s1. The fourth-order valence-corrected chi connectivity index (χ4v) is 3.66. The first kappa shape index (κ1) is 22.9. The van der Waals surface area contributed by atoms with Gasteiger partial charge in [-0.2, -0.15) is 10.2 Å². The minimum Gasteiger partial charge on any atom is -0.493 e. The molecule has 0 bridgehead atoms. The lowest BCUT2D eigenvalue weighted by Crippen LogP contribution is -2.42. The summed E-state index contributed by atoms with van der Waals surface area (Å²) in [5, 5.41) is 14.4. The number of hydrogen-bond donors (Lipinski definition) is 2. The Bertz CT molecular complexity index is 1120. The highest BCUT2D eigenvalue weighted by Gasteiger charge is 2.25. The predicted octanol–water partition coefficient (Wildman–Crippen LogP) is 2.36. The van der Waals surface area contributed by atoms with Gasteiger partial charge < -0.3 is 14.8 Å². The van der Waals surface area contributed by atoms with Crippen LogP contribution < -0.4 is 10.1 Å². The number of aryl methyl sites for hydroxylation is 2. The van der Waals surface area contributed by atoms with Gasteiger partial charge in [-0.3, -0.25) is 19.5 Å². The fraction of sp³-hybridized carbons (Fsp3) is 0.409. The average molecular weight is 460 g/mol. The van der Waals surface area contributed by atoms with Gasteiger partial charge in [0, 0.05) is 44.5 Å². The Morgan fingerprint density at radius 1 is 1.33 bits per heavy atom. The molecule has 2 aromatic heterocycles. The third-order valence-electron chi connectivity index (χ3n) is 5.32. The van der Waals surface area contributed by atoms with E-state index in [-0.39, 0.29) is 30.9 Å². The van der Waals surface area contributed by atoms with E-state index < -0.39 is 11.6 Å². The second-order valence-corrected chi connectivity index (χ2v) is 7.94. The number of carbonyl (C=O) groups excluding carboxylic acids is 1. The van der Waals surface area contributed by atoms with Crippen molar-refractivity contribution in [1.82, 2.24) is 24.9 Å². The van der Waals surface area contributed by atoms with Crippen LogP contribution in [0.1, 0.15) is 23.2 Å². The number of halogens is 2. The zero-order valence-corrected chi connectivity index (χ0v) is 18.5. The Balaban J connectivity index is 1.26. The highest BCUT2D eigenvalue weighted by molar-refractivity contribution is 5.92. The summed E-state index contributed by atoms with van der Waals surface area (Å²) < 4.78 is 39.2. The number of aromatic nitrogens is 4. The average Bonchev–Trinajstić information content (AvgIpc) is 3.37. The van der Waals surface area contributed by atoms with E-state index in [0.717, 1.165) is 29.2 Å². The third-order valence-corrected chi connectivity index (χ3v) is 5.32. The molecule has 1 amide bonds. The van der Waals surface area contributed by atoms with Crippen LogP contribution >= 0.6 is 0 Å². The van der Waals surface area contributed by atoms with Crippen LogP contribution in [0.5, 0.6) is 5.75 Å². The van der Waals surface area contributed by atoms with Crippen LogP contribution in [0.3, 0.4) is 0 Å². The van der Waals surface area contributed by atoms with E-state index in [0.29, 0.717) is 31.8 Å². The van der Waals surface area contributed by atoms with Crippen LogP contribution in [0, 0.1) is 18.6 Å². The highest BCUT2D eigenvalue weighted by Crippen LogP contribution is 2.22. The second-order valence-electron chi connectivity index (χ2n) is 7.94. The van der Waals surface area contributed by atoms with E-state index in [4.69, 9.17) is 9.47 Å². The summed E-state index contributed by atoms with van der Waals surface area (Å²) >= 11 is 0. The van der Waals surface area contributed by atoms with Gasteiger partial charge in [0.2, 0.25) is 5.91 Å². The monoisotopic (exact) mass is 460 g/mol. The molecule has 1 fully saturated rings. The van der Waals surface area contributed by atoms with Crippen molar-refractivity contribution in [2.45, 2.75) is 19.4 Å². The first-order valence-corrected chi connectivity index (χ1v) is 10.6. The number of H-pyrrole nitrogens is 1. The normalized spacial score (nSPS) is 16.7. The number of ether oxygens (including phenoxy) is 2. The largest absolute Gasteiger partial charge is 0.493 e. The number of carbonyl (C=O) groups is 1. The quantitative estimate of drug-likeness (QED) is 0.536. The van der Waals surface area contributed by atoms with E-state index in [9.17, 15) is 13.6 Å². The minimum absolute atomic E-state index is 0.108. The van der Waals surface area contributed by atoms with Gasteiger partial charge >= 0.3 is 0 Å². The molecule has 3 heterocycles. The van der Waals surface area contributed by atoms with Gasteiger partial charge in [-0.05, 0) is 25.1 Å². The number of amides is 1. The zero-order valence-electron chi connectivity index (χ0n) is 18.5. The van der Waals surface area contributed by atoms with Crippen molar-refractivity contribution in [1.29, 1.82) is 0 Å². The molecule has 1 saturated heterocycles. The van der Waals surface area contributed by atoms with Crippen LogP contribution in [0.25, 0.3) is 0 Å². The Hall–Kier alpha value is -3.31. The number of benzene rings is 1. The zero-order chi connectivity index (χ0) is 23.4. The fourth-order valence-electron chi connectivity index (χ4n) is 3.66. The number of aromatic amines is 1. The Kier molecular flexibility index (Phi) is 6.99. The molecule has 0 saturated carbocycles. The minimum atomic E-state index is -0.945. The summed E-state index contributed by atoms with van der Waals surface area (Å²) in [6.45, 7) is 4.04. The Morgan fingerprint density at radius 3 is 2.94 bits per heavy atom. The van der Waals surface area contributed by atoms with Crippen molar-refractivity contribution in [3.63, 3.8) is 0 Å². The molecular weight excluding hydrogens is 434 g/mol. The first-order valence-electron chi connectivity index (χ1n) is 10.6. The molecule has 11 heteroatoms. The highest BCUT2D eigenvalue weighted by atomic mass is 19.2. The van der Waals surface area contributed by atoms with Gasteiger partial charge in [0.15, 0.2) is 11.6 Å². The molecule has 33 heavy (non-hydrogen) atoms. The maximum absolute atomic E-state index is 13.3. The molecule has 1 aromatic carbocycles. The number of anilines is 1. The molecule has 0 unspecified atom stereocenters. The number of morpholine rings is 1. The van der Waals surface area contributed by atoms with Crippen molar-refractivity contribution < 1.29 is 23.0 Å². The number of rotatable bonds is 8. The van der Waals surface area contributed by atoms with Gasteiger partial charge in [0.05, 0.1) is 36.8 Å². The van der Waals surface area contributed by atoms with Gasteiger partial charge in [0.25, 0.3) is 0 Å². The number of hydrogen-bond acceptors (Lipinski definition) is 6. The van der Waals surface area contributed by atoms with E-state index in [1.807, 2.05) is 24.9 Å². The summed E-state index contributed by atoms with van der Waals surface area (Å²) in [6.07, 6.45) is 2.02. The molecule has 0 radical (unpaired) electrons. The van der Waals surface area contributed by atoms with E-state index in [2.05, 4.69) is 20.6 Å². The van der Waals surface area contributed by atoms with Gasteiger partial charge in [0.1, 0.15) is 11.9 Å². The van der Waals surface area contributed by atoms with Crippen molar-refractivity contribution in [2.75, 3.05) is 38.2 Å². The number of nitrogens with zero attached hydrogens (tertiary/aromatic N) is 4. The van der Waals surface area contributed by atoms with Crippen LogP contribution in [-0.2, 0) is 23.0 Å². The lowest BCUT2D eigenvalue weighted by atomic mass is 10.2. The summed E-state index contributed by atoms with van der Waals surface area (Å²) in [7, 11) is 1.81. The smallest absolute Gasteiger partial charge is 0.238 e. The Labute approximate surface area is 189 Å². The predicted molar refractivity (Wildman–Crippen MR) is 116 cm³/mol. The lowest BCUT2D eigenvalue weighted by molar-refractivity contribution is -0.119. The van der Waals surface area contributed by atoms with E-state index in [1.165, 1.54) is 6.07 Å². The summed E-state index contributed by atoms with van der Waals surface area (Å²) in [5.74, 6) is -1.70. The van der Waals surface area contributed by atoms with Crippen molar-refractivity contribution in [3.05, 3.63) is 59.2 Å². The van der Waals surface area contributed by atoms with Gasteiger partial charge in [-0.1, -0.05) is 0 Å². The van der Waals surface area contributed by atoms with E-state index >= 15 is 0 Å². The third kappa shape index (κ3) is 5.93. The molecule has 176 valence electrons. The molecule has 0 aliphatic carbocycles. The lowest BCUT2D eigenvalue weighted by Gasteiger charge is -2.31. The van der Waals surface area contributed by atoms with Crippen LogP contribution in [0.2, 0.25) is 0 Å². The molecule has 1 aliphatic heterocycles. The molecule has 1 atom stereocenters. The summed E-state index contributed by atoms with van der Waals surface area (Å²) in [6, 6.07) is 5.32. The van der Waals surface area contributed by atoms with Crippen LogP contribution in [0.4, 0.5) is 14.5 Å². The second kappa shape index (κ2) is 10.1. The summed E-state index contributed by atoms with van der Waals surface area (Å²) in [4.78, 5) is 14.5. The molecule has 4 rings (SSSR count). The van der Waals surface area contributed by atoms with E-state index in [1.54, 1.807) is 10.9 Å². The molecule has 9 nitrogen and oxygen atoms in total.